The van der Waals surface area contributed by atoms with Crippen molar-refractivity contribution >= 4 is 11.9 Å². The normalized spacial score (nSPS) is 11.0. The van der Waals surface area contributed by atoms with Crippen molar-refractivity contribution in [1.82, 2.24) is 0 Å². The molecule has 0 unspecified atom stereocenters. The van der Waals surface area contributed by atoms with Gasteiger partial charge in [-0.1, -0.05) is 48.5 Å². The van der Waals surface area contributed by atoms with Crippen LogP contribution in [0.3, 0.4) is 0 Å². The molecule has 0 aliphatic rings. The monoisotopic (exact) mass is 294 g/mol. The van der Waals surface area contributed by atoms with E-state index in [0.717, 1.165) is 0 Å². The van der Waals surface area contributed by atoms with E-state index in [9.17, 15) is 22.8 Å². The topological polar surface area (TPSA) is 43.4 Å². The molecule has 0 fully saturated rings. The van der Waals surface area contributed by atoms with Gasteiger partial charge in [-0.3, -0.25) is 0 Å². The van der Waals surface area contributed by atoms with Crippen LogP contribution in [0.5, 0.6) is 0 Å². The van der Waals surface area contributed by atoms with Crippen LogP contribution in [0.4, 0.5) is 13.2 Å². The highest BCUT2D eigenvalue weighted by atomic mass is 19.4. The van der Waals surface area contributed by atoms with Gasteiger partial charge in [-0.05, 0) is 17.2 Å². The lowest BCUT2D eigenvalue weighted by Gasteiger charge is -2.09. The Hall–Kier alpha value is -2.63. The number of halogens is 3. The maximum absolute atomic E-state index is 12.1. The van der Waals surface area contributed by atoms with Crippen LogP contribution in [-0.2, 0) is 9.53 Å². The number of hydrogen-bond acceptors (Lipinski definition) is 3. The first-order chi connectivity index (χ1) is 9.89. The Morgan fingerprint density at radius 1 is 0.857 bits per heavy atom. The van der Waals surface area contributed by atoms with E-state index in [1.807, 2.05) is 0 Å². The van der Waals surface area contributed by atoms with Gasteiger partial charge >= 0.3 is 18.1 Å². The summed E-state index contributed by atoms with van der Waals surface area (Å²) < 4.78 is 40.2. The van der Waals surface area contributed by atoms with Crippen molar-refractivity contribution in [3.8, 4) is 11.1 Å². The average Bonchev–Trinajstić information content (AvgIpc) is 2.47. The van der Waals surface area contributed by atoms with Gasteiger partial charge in [0.05, 0.1) is 5.56 Å². The number of carbonyl (C=O) groups is 2. The molecule has 0 atom stereocenters. The van der Waals surface area contributed by atoms with E-state index in [1.165, 1.54) is 12.1 Å². The zero-order valence-corrected chi connectivity index (χ0v) is 10.6. The summed E-state index contributed by atoms with van der Waals surface area (Å²) in [5.74, 6) is -3.87. The number of hydrogen-bond donors (Lipinski definition) is 0. The molecule has 0 saturated carbocycles. The minimum absolute atomic E-state index is 0.110. The molecule has 2 aromatic rings. The van der Waals surface area contributed by atoms with Crippen molar-refractivity contribution < 1.29 is 27.5 Å². The van der Waals surface area contributed by atoms with Gasteiger partial charge in [0.2, 0.25) is 0 Å². The number of rotatable bonds is 2. The summed E-state index contributed by atoms with van der Waals surface area (Å²) in [6.45, 7) is 0. The van der Waals surface area contributed by atoms with E-state index in [4.69, 9.17) is 0 Å². The van der Waals surface area contributed by atoms with E-state index in [2.05, 4.69) is 4.74 Å². The zero-order valence-electron chi connectivity index (χ0n) is 10.6. The Morgan fingerprint density at radius 3 is 2.05 bits per heavy atom. The van der Waals surface area contributed by atoms with Gasteiger partial charge < -0.3 is 4.74 Å². The third-order valence-electron chi connectivity index (χ3n) is 2.65. The zero-order chi connectivity index (χ0) is 15.5. The summed E-state index contributed by atoms with van der Waals surface area (Å²) >= 11 is 0. The summed E-state index contributed by atoms with van der Waals surface area (Å²) in [5.41, 5.74) is 0.906. The molecule has 0 N–H and O–H groups in total. The molecule has 0 radical (unpaired) electrons. The van der Waals surface area contributed by atoms with Gasteiger partial charge in [0, 0.05) is 0 Å². The van der Waals surface area contributed by atoms with Crippen LogP contribution in [0, 0.1) is 0 Å². The second-order valence-electron chi connectivity index (χ2n) is 4.09. The molecule has 0 spiro atoms. The molecule has 2 rings (SSSR count). The molecule has 2 aromatic carbocycles. The highest BCUT2D eigenvalue weighted by Gasteiger charge is 2.42. The van der Waals surface area contributed by atoms with E-state index in [-0.39, 0.29) is 5.56 Å². The molecular formula is C15H9F3O3. The third kappa shape index (κ3) is 3.47. The maximum Gasteiger partial charge on any atom is 0.491 e. The highest BCUT2D eigenvalue weighted by Crippen LogP contribution is 2.25. The molecule has 0 aliphatic heterocycles. The first-order valence-corrected chi connectivity index (χ1v) is 5.87. The summed E-state index contributed by atoms with van der Waals surface area (Å²) in [7, 11) is 0. The van der Waals surface area contributed by atoms with E-state index in [1.54, 1.807) is 42.5 Å². The fraction of sp³-hybridized carbons (Fsp3) is 0.0667. The van der Waals surface area contributed by atoms with E-state index in [0.29, 0.717) is 11.1 Å². The van der Waals surface area contributed by atoms with Crippen LogP contribution in [0.2, 0.25) is 0 Å². The number of ether oxygens (including phenoxy) is 1. The quantitative estimate of drug-likeness (QED) is 0.628. The Balaban J connectivity index is 2.33. The van der Waals surface area contributed by atoms with Crippen LogP contribution in [0.25, 0.3) is 11.1 Å². The second kappa shape index (κ2) is 5.78. The van der Waals surface area contributed by atoms with Gasteiger partial charge in [0.15, 0.2) is 0 Å². The standard InChI is InChI=1S/C15H9F3O3/c16-15(17,18)14(20)21-13(19)12-9-5-4-8-11(12)10-6-2-1-3-7-10/h1-9H. The molecule has 0 saturated heterocycles. The van der Waals surface area contributed by atoms with Crippen molar-refractivity contribution in [2.24, 2.45) is 0 Å². The van der Waals surface area contributed by atoms with Crippen LogP contribution in [0.1, 0.15) is 10.4 Å². The van der Waals surface area contributed by atoms with Crippen LogP contribution >= 0.6 is 0 Å². The Morgan fingerprint density at radius 2 is 1.43 bits per heavy atom. The van der Waals surface area contributed by atoms with Gasteiger partial charge in [-0.2, -0.15) is 13.2 Å². The first kappa shape index (κ1) is 14.8. The fourth-order valence-corrected chi connectivity index (χ4v) is 1.73. The molecule has 0 aromatic heterocycles. The summed E-state index contributed by atoms with van der Waals surface area (Å²) in [6.07, 6.45) is -5.21. The molecule has 0 bridgehead atoms. The highest BCUT2D eigenvalue weighted by molar-refractivity contribution is 6.02. The Kier molecular flexibility index (Phi) is 4.07. The molecule has 6 heteroatoms. The summed E-state index contributed by atoms with van der Waals surface area (Å²) in [6, 6.07) is 14.5. The maximum atomic E-state index is 12.1. The van der Waals surface area contributed by atoms with Crippen molar-refractivity contribution in [3.63, 3.8) is 0 Å². The van der Waals surface area contributed by atoms with Crippen LogP contribution < -0.4 is 0 Å². The number of esters is 2. The number of benzene rings is 2. The minimum Gasteiger partial charge on any atom is -0.383 e. The minimum atomic E-state index is -5.21. The lowest BCUT2D eigenvalue weighted by atomic mass is 10.00. The summed E-state index contributed by atoms with van der Waals surface area (Å²) in [4.78, 5) is 22.5. The number of alkyl halides is 3. The Labute approximate surface area is 118 Å². The van der Waals surface area contributed by atoms with Gasteiger partial charge in [0.25, 0.3) is 0 Å². The fourth-order valence-electron chi connectivity index (χ4n) is 1.73. The number of carbonyl (C=O) groups excluding carboxylic acids is 2. The molecule has 21 heavy (non-hydrogen) atoms. The van der Waals surface area contributed by atoms with Crippen LogP contribution in [-0.4, -0.2) is 18.1 Å². The predicted octanol–water partition coefficient (Wildman–Crippen LogP) is 3.60. The summed E-state index contributed by atoms with van der Waals surface area (Å²) in [5, 5.41) is 0. The van der Waals surface area contributed by atoms with Crippen molar-refractivity contribution in [1.29, 1.82) is 0 Å². The van der Waals surface area contributed by atoms with Crippen molar-refractivity contribution in [3.05, 3.63) is 60.2 Å². The molecular weight excluding hydrogens is 285 g/mol. The molecule has 0 heterocycles. The lowest BCUT2D eigenvalue weighted by molar-refractivity contribution is -0.193. The van der Waals surface area contributed by atoms with Crippen LogP contribution in [0.15, 0.2) is 54.6 Å². The van der Waals surface area contributed by atoms with E-state index < -0.39 is 18.1 Å². The van der Waals surface area contributed by atoms with Crippen molar-refractivity contribution in [2.45, 2.75) is 6.18 Å². The molecule has 3 nitrogen and oxygen atoms in total. The van der Waals surface area contributed by atoms with Gasteiger partial charge in [-0.15, -0.1) is 0 Å². The lowest BCUT2D eigenvalue weighted by Crippen LogP contribution is -2.28. The first-order valence-electron chi connectivity index (χ1n) is 5.87. The van der Waals surface area contributed by atoms with E-state index >= 15 is 0 Å². The largest absolute Gasteiger partial charge is 0.491 e. The van der Waals surface area contributed by atoms with Gasteiger partial charge in [-0.25, -0.2) is 9.59 Å². The molecule has 0 amide bonds. The van der Waals surface area contributed by atoms with Crippen molar-refractivity contribution in [2.75, 3.05) is 0 Å². The van der Waals surface area contributed by atoms with Gasteiger partial charge in [0.1, 0.15) is 0 Å². The second-order valence-corrected chi connectivity index (χ2v) is 4.09. The average molecular weight is 294 g/mol. The molecule has 108 valence electrons. The predicted molar refractivity (Wildman–Crippen MR) is 68.4 cm³/mol. The Bertz CT molecular complexity index is 663. The molecule has 0 aliphatic carbocycles. The SMILES string of the molecule is O=C(OC(=O)C(F)(F)F)c1ccccc1-c1ccccc1. The smallest absolute Gasteiger partial charge is 0.383 e. The third-order valence-corrected chi connectivity index (χ3v) is 2.65.